The Kier molecular flexibility index (Phi) is 6.03. The third kappa shape index (κ3) is 3.94. The molecule has 1 aliphatic carbocycles. The molecule has 1 saturated carbocycles. The Balaban J connectivity index is 1.95. The predicted molar refractivity (Wildman–Crippen MR) is 107 cm³/mol. The van der Waals surface area contributed by atoms with Gasteiger partial charge in [-0.1, -0.05) is 49.1 Å². The van der Waals surface area contributed by atoms with Gasteiger partial charge < -0.3 is 10.1 Å². The molecule has 0 aromatic heterocycles. The minimum Gasteiger partial charge on any atom is -0.494 e. The van der Waals surface area contributed by atoms with Gasteiger partial charge >= 0.3 is 0 Å². The fourth-order valence-corrected chi connectivity index (χ4v) is 4.16. The van der Waals surface area contributed by atoms with Crippen LogP contribution in [-0.4, -0.2) is 12.5 Å². The maximum atomic E-state index is 13.4. The lowest BCUT2D eigenvalue weighted by Crippen LogP contribution is -2.42. The first-order valence-electron chi connectivity index (χ1n) is 9.34. The first-order chi connectivity index (χ1) is 13.1. The van der Waals surface area contributed by atoms with Crippen LogP contribution in [0.4, 0.5) is 5.69 Å². The molecule has 1 fully saturated rings. The molecule has 4 nitrogen and oxygen atoms in total. The molecule has 3 rings (SSSR count). The van der Waals surface area contributed by atoms with E-state index in [2.05, 4.69) is 11.4 Å². The Morgan fingerprint density at radius 1 is 1.22 bits per heavy atom. The van der Waals surface area contributed by atoms with Crippen LogP contribution < -0.4 is 10.1 Å². The van der Waals surface area contributed by atoms with Crippen molar-refractivity contribution >= 4 is 23.2 Å². The van der Waals surface area contributed by atoms with Crippen LogP contribution in [0.1, 0.15) is 50.2 Å². The zero-order valence-corrected chi connectivity index (χ0v) is 16.2. The second kappa shape index (κ2) is 8.45. The number of hydrogen-bond acceptors (Lipinski definition) is 3. The van der Waals surface area contributed by atoms with Gasteiger partial charge in [-0.15, -0.1) is 0 Å². The molecule has 0 heterocycles. The van der Waals surface area contributed by atoms with E-state index in [1.54, 1.807) is 18.2 Å². The van der Waals surface area contributed by atoms with E-state index in [9.17, 15) is 10.1 Å². The number of nitrogens with zero attached hydrogens (tertiary/aromatic N) is 1. The van der Waals surface area contributed by atoms with Gasteiger partial charge in [0, 0.05) is 5.02 Å². The summed E-state index contributed by atoms with van der Waals surface area (Å²) in [5.41, 5.74) is 1.10. The highest BCUT2D eigenvalue weighted by Gasteiger charge is 2.42. The van der Waals surface area contributed by atoms with Crippen molar-refractivity contribution in [2.45, 2.75) is 44.4 Å². The summed E-state index contributed by atoms with van der Waals surface area (Å²) in [7, 11) is 0. The number of nitriles is 1. The molecular formula is C22H23ClN2O2. The summed E-state index contributed by atoms with van der Waals surface area (Å²) >= 11 is 6.46. The maximum absolute atomic E-state index is 13.4. The molecule has 1 amide bonds. The number of nitrogens with one attached hydrogen (secondary N) is 1. The van der Waals surface area contributed by atoms with Gasteiger partial charge in [-0.25, -0.2) is 0 Å². The lowest BCUT2D eigenvalue weighted by molar-refractivity contribution is -0.122. The monoisotopic (exact) mass is 382 g/mol. The number of rotatable bonds is 5. The second-order valence-electron chi connectivity index (χ2n) is 6.83. The molecule has 2 aromatic carbocycles. The SMILES string of the molecule is CCOc1ccc(NC(=O)C2(c3ccccc3Cl)CCCCC2)c(C#N)c1. The number of amides is 1. The van der Waals surface area contributed by atoms with E-state index in [1.807, 2.05) is 31.2 Å². The molecule has 0 bridgehead atoms. The summed E-state index contributed by atoms with van der Waals surface area (Å²) in [6.07, 6.45) is 4.58. The number of benzene rings is 2. The van der Waals surface area contributed by atoms with Crippen LogP contribution in [0.25, 0.3) is 0 Å². The van der Waals surface area contributed by atoms with Gasteiger partial charge in [-0.3, -0.25) is 4.79 Å². The number of halogens is 1. The van der Waals surface area contributed by atoms with E-state index in [0.717, 1.165) is 37.7 Å². The van der Waals surface area contributed by atoms with E-state index >= 15 is 0 Å². The quantitative estimate of drug-likeness (QED) is 0.747. The van der Waals surface area contributed by atoms with Crippen LogP contribution in [0.2, 0.25) is 5.02 Å². The number of hydrogen-bond donors (Lipinski definition) is 1. The largest absolute Gasteiger partial charge is 0.494 e. The Labute approximate surface area is 165 Å². The van der Waals surface area contributed by atoms with Gasteiger partial charge in [-0.2, -0.15) is 5.26 Å². The number of anilines is 1. The Bertz CT molecular complexity index is 867. The lowest BCUT2D eigenvalue weighted by Gasteiger charge is -2.37. The molecule has 0 aliphatic heterocycles. The Morgan fingerprint density at radius 3 is 2.63 bits per heavy atom. The number of carbonyl (C=O) groups is 1. The van der Waals surface area contributed by atoms with Crippen molar-refractivity contribution in [1.29, 1.82) is 5.26 Å². The zero-order valence-electron chi connectivity index (χ0n) is 15.4. The molecule has 0 unspecified atom stereocenters. The predicted octanol–water partition coefficient (Wildman–Crippen LogP) is 5.45. The van der Waals surface area contributed by atoms with Gasteiger partial charge in [0.2, 0.25) is 5.91 Å². The lowest BCUT2D eigenvalue weighted by atomic mass is 9.68. The summed E-state index contributed by atoms with van der Waals surface area (Å²) in [4.78, 5) is 13.4. The van der Waals surface area contributed by atoms with Crippen molar-refractivity contribution in [2.24, 2.45) is 0 Å². The number of carbonyl (C=O) groups excluding carboxylic acids is 1. The molecule has 0 spiro atoms. The zero-order chi connectivity index (χ0) is 19.3. The van der Waals surface area contributed by atoms with Crippen LogP contribution in [0, 0.1) is 11.3 Å². The fourth-order valence-electron chi connectivity index (χ4n) is 3.85. The van der Waals surface area contributed by atoms with Crippen molar-refractivity contribution in [1.82, 2.24) is 0 Å². The minimum absolute atomic E-state index is 0.101. The van der Waals surface area contributed by atoms with E-state index in [0.29, 0.717) is 28.6 Å². The van der Waals surface area contributed by atoms with Crippen molar-refractivity contribution in [3.05, 3.63) is 58.6 Å². The molecule has 1 N–H and O–H groups in total. The van der Waals surface area contributed by atoms with Gasteiger partial charge in [0.25, 0.3) is 0 Å². The third-order valence-corrected chi connectivity index (χ3v) is 5.53. The van der Waals surface area contributed by atoms with Gasteiger partial charge in [0.1, 0.15) is 11.8 Å². The normalized spacial score (nSPS) is 15.6. The van der Waals surface area contributed by atoms with E-state index < -0.39 is 5.41 Å². The van der Waals surface area contributed by atoms with Crippen LogP contribution >= 0.6 is 11.6 Å². The second-order valence-corrected chi connectivity index (χ2v) is 7.24. The highest BCUT2D eigenvalue weighted by molar-refractivity contribution is 6.31. The van der Waals surface area contributed by atoms with Crippen LogP contribution in [-0.2, 0) is 10.2 Å². The van der Waals surface area contributed by atoms with Crippen molar-refractivity contribution in [3.8, 4) is 11.8 Å². The molecule has 140 valence electrons. The molecule has 5 heteroatoms. The molecular weight excluding hydrogens is 360 g/mol. The average molecular weight is 383 g/mol. The van der Waals surface area contributed by atoms with Crippen LogP contribution in [0.15, 0.2) is 42.5 Å². The van der Waals surface area contributed by atoms with Gasteiger partial charge in [0.15, 0.2) is 0 Å². The van der Waals surface area contributed by atoms with Crippen molar-refractivity contribution < 1.29 is 9.53 Å². The van der Waals surface area contributed by atoms with Crippen LogP contribution in [0.3, 0.4) is 0 Å². The summed E-state index contributed by atoms with van der Waals surface area (Å²) < 4.78 is 5.45. The molecule has 0 atom stereocenters. The Morgan fingerprint density at radius 2 is 1.96 bits per heavy atom. The summed E-state index contributed by atoms with van der Waals surface area (Å²) in [6, 6.07) is 14.9. The smallest absolute Gasteiger partial charge is 0.235 e. The topological polar surface area (TPSA) is 62.1 Å². The summed E-state index contributed by atoms with van der Waals surface area (Å²) in [5.74, 6) is 0.515. The molecule has 2 aromatic rings. The number of ether oxygens (including phenoxy) is 1. The van der Waals surface area contributed by atoms with Crippen molar-refractivity contribution in [2.75, 3.05) is 11.9 Å². The maximum Gasteiger partial charge on any atom is 0.235 e. The molecule has 27 heavy (non-hydrogen) atoms. The van der Waals surface area contributed by atoms with E-state index in [1.165, 1.54) is 0 Å². The van der Waals surface area contributed by atoms with Gasteiger partial charge in [-0.05, 0) is 49.6 Å². The standard InChI is InChI=1S/C22H23ClN2O2/c1-2-27-17-10-11-20(16(14-17)15-24)25-21(26)22(12-6-3-7-13-22)18-8-4-5-9-19(18)23/h4-5,8-11,14H,2-3,6-7,12-13H2,1H3,(H,25,26). The molecule has 1 aliphatic rings. The average Bonchev–Trinajstić information content (AvgIpc) is 2.70. The summed E-state index contributed by atoms with van der Waals surface area (Å²) in [6.45, 7) is 2.41. The van der Waals surface area contributed by atoms with E-state index in [4.69, 9.17) is 16.3 Å². The highest BCUT2D eigenvalue weighted by atomic mass is 35.5. The summed E-state index contributed by atoms with van der Waals surface area (Å²) in [5, 5.41) is 13.1. The fraction of sp³-hybridized carbons (Fsp3) is 0.364. The molecule has 0 radical (unpaired) electrons. The minimum atomic E-state index is -0.665. The Hall–Kier alpha value is -2.51. The molecule has 0 saturated heterocycles. The van der Waals surface area contributed by atoms with Crippen molar-refractivity contribution in [3.63, 3.8) is 0 Å². The van der Waals surface area contributed by atoms with E-state index in [-0.39, 0.29) is 5.91 Å². The van der Waals surface area contributed by atoms with Gasteiger partial charge in [0.05, 0.1) is 23.3 Å². The van der Waals surface area contributed by atoms with Crippen LogP contribution in [0.5, 0.6) is 5.75 Å². The first kappa shape index (κ1) is 19.3. The highest BCUT2D eigenvalue weighted by Crippen LogP contribution is 2.43. The first-order valence-corrected chi connectivity index (χ1v) is 9.72. The third-order valence-electron chi connectivity index (χ3n) is 5.20.